The van der Waals surface area contributed by atoms with Gasteiger partial charge in [-0.1, -0.05) is 25.5 Å². The minimum atomic E-state index is -0.212. The van der Waals surface area contributed by atoms with Crippen molar-refractivity contribution < 1.29 is 13.9 Å². The predicted molar refractivity (Wildman–Crippen MR) is 127 cm³/mol. The maximum absolute atomic E-state index is 13.3. The molecule has 0 saturated carbocycles. The van der Waals surface area contributed by atoms with Gasteiger partial charge in [0.1, 0.15) is 5.82 Å². The zero-order chi connectivity index (χ0) is 20.0. The van der Waals surface area contributed by atoms with Crippen molar-refractivity contribution in [3.8, 4) is 0 Å². The molecule has 1 saturated heterocycles. The summed E-state index contributed by atoms with van der Waals surface area (Å²) in [6.07, 6.45) is 3.21. The van der Waals surface area contributed by atoms with E-state index in [1.165, 1.54) is 12.1 Å². The molecule has 1 atom stereocenters. The van der Waals surface area contributed by atoms with E-state index in [4.69, 9.17) is 9.47 Å². The van der Waals surface area contributed by atoms with E-state index in [-0.39, 0.29) is 35.8 Å². The van der Waals surface area contributed by atoms with Gasteiger partial charge in [0, 0.05) is 46.4 Å². The molecule has 0 amide bonds. The van der Waals surface area contributed by atoms with Crippen molar-refractivity contribution in [3.05, 3.63) is 35.6 Å². The number of halogens is 2. The number of aliphatic imine (C=N–C) groups is 1. The van der Waals surface area contributed by atoms with Gasteiger partial charge in [0.25, 0.3) is 0 Å². The molecule has 0 spiro atoms. The lowest BCUT2D eigenvalue weighted by molar-refractivity contribution is 0.0170. The van der Waals surface area contributed by atoms with E-state index in [9.17, 15) is 4.39 Å². The number of hydrogen-bond acceptors (Lipinski definition) is 4. The van der Waals surface area contributed by atoms with Crippen LogP contribution in [0.3, 0.4) is 0 Å². The van der Waals surface area contributed by atoms with Gasteiger partial charge in [-0.05, 0) is 30.5 Å². The average Bonchev–Trinajstić information content (AvgIpc) is 2.73. The molecule has 0 aromatic heterocycles. The van der Waals surface area contributed by atoms with E-state index in [0.717, 1.165) is 76.8 Å². The average molecular weight is 522 g/mol. The topological polar surface area (TPSA) is 58.1 Å². The van der Waals surface area contributed by atoms with Crippen LogP contribution in [0.2, 0.25) is 0 Å². The van der Waals surface area contributed by atoms with Gasteiger partial charge in [0.15, 0.2) is 5.96 Å². The highest BCUT2D eigenvalue weighted by Crippen LogP contribution is 2.21. The van der Waals surface area contributed by atoms with Crippen LogP contribution >= 0.6 is 24.0 Å². The highest BCUT2D eigenvalue weighted by molar-refractivity contribution is 14.0. The Hall–Kier alpha value is -0.970. The van der Waals surface area contributed by atoms with E-state index < -0.39 is 0 Å². The van der Waals surface area contributed by atoms with E-state index in [0.29, 0.717) is 6.54 Å². The number of benzene rings is 1. The first-order chi connectivity index (χ1) is 13.7. The molecule has 8 heteroatoms. The SMILES string of the molecule is CCCCOCCCNC(=NC)NCC(c1ccc(F)cc1)N1CCOCC1.I. The van der Waals surface area contributed by atoms with Gasteiger partial charge >= 0.3 is 0 Å². The fourth-order valence-corrected chi connectivity index (χ4v) is 3.18. The minimum absolute atomic E-state index is 0. The zero-order valence-electron chi connectivity index (χ0n) is 17.7. The third-order valence-corrected chi connectivity index (χ3v) is 4.83. The van der Waals surface area contributed by atoms with Crippen LogP contribution in [0, 0.1) is 5.82 Å². The third kappa shape index (κ3) is 10.1. The molecule has 6 nitrogen and oxygen atoms in total. The van der Waals surface area contributed by atoms with Crippen LogP contribution in [-0.4, -0.2) is 70.5 Å². The molecule has 0 radical (unpaired) electrons. The number of rotatable bonds is 11. The maximum Gasteiger partial charge on any atom is 0.191 e. The summed E-state index contributed by atoms with van der Waals surface area (Å²) in [7, 11) is 1.77. The summed E-state index contributed by atoms with van der Waals surface area (Å²) in [5.41, 5.74) is 1.09. The first-order valence-electron chi connectivity index (χ1n) is 10.3. The molecule has 2 rings (SSSR count). The molecule has 1 aromatic carbocycles. The van der Waals surface area contributed by atoms with E-state index >= 15 is 0 Å². The monoisotopic (exact) mass is 522 g/mol. The fraction of sp³-hybridized carbons (Fsp3) is 0.667. The van der Waals surface area contributed by atoms with Crippen molar-refractivity contribution in [1.82, 2.24) is 15.5 Å². The number of nitrogens with one attached hydrogen (secondary N) is 2. The lowest BCUT2D eigenvalue weighted by Gasteiger charge is -2.35. The summed E-state index contributed by atoms with van der Waals surface area (Å²) in [4.78, 5) is 6.68. The van der Waals surface area contributed by atoms with Crippen molar-refractivity contribution in [2.24, 2.45) is 4.99 Å². The standard InChI is InChI=1S/C21H35FN4O2.HI/c1-3-4-13-27-14-5-10-24-21(23-2)25-17-20(26-11-15-28-16-12-26)18-6-8-19(22)9-7-18;/h6-9,20H,3-5,10-17H2,1-2H3,(H2,23,24,25);1H. The molecule has 1 unspecified atom stereocenters. The van der Waals surface area contributed by atoms with Crippen molar-refractivity contribution in [2.45, 2.75) is 32.2 Å². The molecule has 29 heavy (non-hydrogen) atoms. The minimum Gasteiger partial charge on any atom is -0.381 e. The lowest BCUT2D eigenvalue weighted by atomic mass is 10.0. The summed E-state index contributed by atoms with van der Waals surface area (Å²) in [6.45, 7) is 8.44. The highest BCUT2D eigenvalue weighted by Gasteiger charge is 2.23. The summed E-state index contributed by atoms with van der Waals surface area (Å²) >= 11 is 0. The van der Waals surface area contributed by atoms with E-state index in [2.05, 4.69) is 27.4 Å². The number of nitrogens with zero attached hydrogens (tertiary/aromatic N) is 2. The van der Waals surface area contributed by atoms with Gasteiger partial charge in [-0.3, -0.25) is 9.89 Å². The predicted octanol–water partition coefficient (Wildman–Crippen LogP) is 3.19. The smallest absolute Gasteiger partial charge is 0.191 e. The van der Waals surface area contributed by atoms with Crippen LogP contribution in [0.4, 0.5) is 4.39 Å². The lowest BCUT2D eigenvalue weighted by Crippen LogP contribution is -2.46. The Morgan fingerprint density at radius 1 is 1.17 bits per heavy atom. The molecule has 0 aliphatic carbocycles. The Morgan fingerprint density at radius 2 is 1.86 bits per heavy atom. The Kier molecular flexibility index (Phi) is 14.2. The van der Waals surface area contributed by atoms with Gasteiger partial charge in [0.2, 0.25) is 0 Å². The van der Waals surface area contributed by atoms with Crippen LogP contribution in [0.25, 0.3) is 0 Å². The molecule has 1 aliphatic heterocycles. The third-order valence-electron chi connectivity index (χ3n) is 4.83. The second-order valence-electron chi connectivity index (χ2n) is 6.92. The molecule has 2 N–H and O–H groups in total. The van der Waals surface area contributed by atoms with E-state index in [1.807, 2.05) is 12.1 Å². The van der Waals surface area contributed by atoms with Gasteiger partial charge < -0.3 is 20.1 Å². The van der Waals surface area contributed by atoms with Crippen molar-refractivity contribution in [2.75, 3.05) is 59.7 Å². The Balaban J connectivity index is 0.00000420. The number of guanidine groups is 1. The second-order valence-corrected chi connectivity index (χ2v) is 6.92. The summed E-state index contributed by atoms with van der Waals surface area (Å²) in [6, 6.07) is 6.91. The molecule has 166 valence electrons. The largest absolute Gasteiger partial charge is 0.381 e. The normalized spacial score (nSPS) is 16.2. The number of hydrogen-bond donors (Lipinski definition) is 2. The quantitative estimate of drug-likeness (QED) is 0.203. The van der Waals surface area contributed by atoms with Crippen LogP contribution in [0.5, 0.6) is 0 Å². The molecular formula is C21H36FIN4O2. The number of ether oxygens (including phenoxy) is 2. The first-order valence-corrected chi connectivity index (χ1v) is 10.3. The van der Waals surface area contributed by atoms with Crippen molar-refractivity contribution in [1.29, 1.82) is 0 Å². The molecule has 1 aromatic rings. The van der Waals surface area contributed by atoms with Crippen LogP contribution in [0.15, 0.2) is 29.3 Å². The van der Waals surface area contributed by atoms with E-state index in [1.54, 1.807) is 7.05 Å². The van der Waals surface area contributed by atoms with Gasteiger partial charge in [-0.15, -0.1) is 24.0 Å². The Bertz CT molecular complexity index is 568. The second kappa shape index (κ2) is 15.8. The van der Waals surface area contributed by atoms with Crippen LogP contribution in [-0.2, 0) is 9.47 Å². The van der Waals surface area contributed by atoms with Crippen LogP contribution < -0.4 is 10.6 Å². The molecule has 1 fully saturated rings. The summed E-state index contributed by atoms with van der Waals surface area (Å²) in [5.74, 6) is 0.560. The zero-order valence-corrected chi connectivity index (χ0v) is 20.0. The van der Waals surface area contributed by atoms with Crippen molar-refractivity contribution in [3.63, 3.8) is 0 Å². The molecule has 1 aliphatic rings. The maximum atomic E-state index is 13.3. The Morgan fingerprint density at radius 3 is 2.52 bits per heavy atom. The van der Waals surface area contributed by atoms with Crippen LogP contribution in [0.1, 0.15) is 37.8 Å². The summed E-state index contributed by atoms with van der Waals surface area (Å²) < 4.78 is 24.4. The fourth-order valence-electron chi connectivity index (χ4n) is 3.18. The Labute approximate surface area is 191 Å². The number of morpholine rings is 1. The van der Waals surface area contributed by atoms with Gasteiger partial charge in [-0.25, -0.2) is 4.39 Å². The number of unbranched alkanes of at least 4 members (excludes halogenated alkanes) is 1. The molecule has 1 heterocycles. The first kappa shape index (κ1) is 26.1. The van der Waals surface area contributed by atoms with Gasteiger partial charge in [0.05, 0.1) is 19.3 Å². The molecular weight excluding hydrogens is 486 g/mol. The van der Waals surface area contributed by atoms with Crippen molar-refractivity contribution >= 4 is 29.9 Å². The molecule has 0 bridgehead atoms. The van der Waals surface area contributed by atoms with Gasteiger partial charge in [-0.2, -0.15) is 0 Å². The highest BCUT2D eigenvalue weighted by atomic mass is 127. The summed E-state index contributed by atoms with van der Waals surface area (Å²) in [5, 5.41) is 6.75.